The summed E-state index contributed by atoms with van der Waals surface area (Å²) in [5.74, 6) is -0.901. The van der Waals surface area contributed by atoms with Gasteiger partial charge in [0.25, 0.3) is 0 Å². The van der Waals surface area contributed by atoms with Gasteiger partial charge in [-0.3, -0.25) is 0 Å². The maximum absolute atomic E-state index is 11.0. The van der Waals surface area contributed by atoms with E-state index in [1.807, 2.05) is 0 Å². The summed E-state index contributed by atoms with van der Waals surface area (Å²) >= 11 is 0. The number of nitrogens with zero attached hydrogens (tertiary/aromatic N) is 1. The van der Waals surface area contributed by atoms with Crippen LogP contribution >= 0.6 is 0 Å². The first-order valence-corrected chi connectivity index (χ1v) is 21.6. The molecule has 1 atom stereocenters. The number of carbonyl (C=O) groups excluding carboxylic acids is 1. The number of aliphatic carboxylic acids is 1. The first-order chi connectivity index (χ1) is 22.6. The van der Waals surface area contributed by atoms with Gasteiger partial charge < -0.3 is 14.8 Å². The molecule has 0 amide bonds. The number of carbonyl (C=O) groups is 1. The molecule has 0 aliphatic rings. The quantitative estimate of drug-likeness (QED) is 0.0476. The molecule has 0 N–H and O–H groups in total. The van der Waals surface area contributed by atoms with Gasteiger partial charge in [-0.25, -0.2) is 0 Å². The summed E-state index contributed by atoms with van der Waals surface area (Å²) in [5.41, 5.74) is 0. The van der Waals surface area contributed by atoms with Crippen molar-refractivity contribution in [2.45, 2.75) is 258 Å². The number of carboxylic acids is 1. The van der Waals surface area contributed by atoms with Crippen molar-refractivity contribution in [3.05, 3.63) is 0 Å². The van der Waals surface area contributed by atoms with Gasteiger partial charge in [0.15, 0.2) is 0 Å². The molecule has 0 rings (SSSR count). The molecule has 3 nitrogen and oxygen atoms in total. The van der Waals surface area contributed by atoms with Gasteiger partial charge in [-0.2, -0.15) is 0 Å². The smallest absolute Gasteiger partial charge is 0.550 e. The van der Waals surface area contributed by atoms with E-state index in [2.05, 4.69) is 25.7 Å². The van der Waals surface area contributed by atoms with Crippen LogP contribution in [-0.4, -0.2) is 30.0 Å². The van der Waals surface area contributed by atoms with E-state index in [4.69, 9.17) is 0 Å². The average Bonchev–Trinajstić information content (AvgIpc) is 3.05. The molecule has 0 aromatic rings. The zero-order valence-electron chi connectivity index (χ0n) is 33.2. The van der Waals surface area contributed by atoms with Crippen LogP contribution in [0.5, 0.6) is 0 Å². The Morgan fingerprint density at radius 3 is 0.851 bits per heavy atom. The van der Waals surface area contributed by atoms with E-state index in [-0.39, 0.29) is 57.8 Å². The van der Waals surface area contributed by atoms with Gasteiger partial charge in [0.05, 0.1) is 0 Å². The normalized spacial score (nSPS) is 12.1. The second-order valence-corrected chi connectivity index (χ2v) is 15.1. The average molecular weight is 688 g/mol. The largest absolute Gasteiger partial charge is 1.00 e. The molecule has 0 aromatic heterocycles. The summed E-state index contributed by atoms with van der Waals surface area (Å²) in [5, 5.41) is 11.0. The summed E-state index contributed by atoms with van der Waals surface area (Å²) in [6, 6.07) is 0.347. The Kier molecular flexibility index (Phi) is 46.2. The van der Waals surface area contributed by atoms with E-state index >= 15 is 0 Å². The van der Waals surface area contributed by atoms with Crippen LogP contribution in [0.2, 0.25) is 0 Å². The van der Waals surface area contributed by atoms with Crippen LogP contribution in [0.25, 0.3) is 0 Å². The first-order valence-electron chi connectivity index (χ1n) is 21.6. The van der Waals surface area contributed by atoms with Crippen LogP contribution in [0.4, 0.5) is 0 Å². The Morgan fingerprint density at radius 2 is 0.638 bits per heavy atom. The topological polar surface area (TPSA) is 43.4 Å². The number of rotatable bonds is 40. The van der Waals surface area contributed by atoms with Crippen molar-refractivity contribution >= 4 is 5.97 Å². The zero-order valence-corrected chi connectivity index (χ0v) is 36.3. The van der Waals surface area contributed by atoms with Crippen molar-refractivity contribution in [3.63, 3.8) is 0 Å². The Morgan fingerprint density at radius 1 is 0.426 bits per heavy atom. The van der Waals surface area contributed by atoms with Gasteiger partial charge in [0.2, 0.25) is 0 Å². The van der Waals surface area contributed by atoms with Gasteiger partial charge in [0.1, 0.15) is 0 Å². The molecule has 0 saturated heterocycles. The second kappa shape index (κ2) is 43.2. The maximum atomic E-state index is 11.0. The summed E-state index contributed by atoms with van der Waals surface area (Å²) in [6.07, 6.45) is 48.8. The van der Waals surface area contributed by atoms with Gasteiger partial charge in [0, 0.05) is 12.0 Å². The molecule has 1 unspecified atom stereocenters. The van der Waals surface area contributed by atoms with Gasteiger partial charge in [-0.05, 0) is 45.7 Å². The summed E-state index contributed by atoms with van der Waals surface area (Å²) < 4.78 is 0. The molecule has 0 radical (unpaired) electrons. The minimum absolute atomic E-state index is 0. The van der Waals surface area contributed by atoms with Crippen molar-refractivity contribution in [2.75, 3.05) is 13.1 Å². The Labute approximate surface area is 340 Å². The molecule has 0 aliphatic heterocycles. The molecule has 0 heterocycles. The predicted molar refractivity (Wildman–Crippen MR) is 204 cm³/mol. The Bertz CT molecular complexity index is 548. The Hall–Kier alpha value is 1.07. The standard InChI is InChI=1S/C43H87NO2.K/c1-4-6-8-10-12-14-16-18-20-22-24-26-28-30-32-34-36-40-44(42(3)38-39-43(45)46)41-37-35-33-31-29-27-25-23-21-19-17-15-13-11-9-7-5-2;/h42H,4-41H2,1-3H3,(H,45,46);/q;+1/p-1. The third-order valence-electron chi connectivity index (χ3n) is 10.5. The van der Waals surface area contributed by atoms with Gasteiger partial charge in [-0.15, -0.1) is 0 Å². The third kappa shape index (κ3) is 41.4. The van der Waals surface area contributed by atoms with E-state index in [0.29, 0.717) is 6.04 Å². The van der Waals surface area contributed by atoms with E-state index in [1.54, 1.807) is 0 Å². The molecular weight excluding hydrogens is 602 g/mol. The molecule has 0 aliphatic carbocycles. The monoisotopic (exact) mass is 688 g/mol. The Balaban J connectivity index is 0. The summed E-state index contributed by atoms with van der Waals surface area (Å²) in [7, 11) is 0. The molecule has 276 valence electrons. The number of unbranched alkanes of at least 4 members (excludes halogenated alkanes) is 32. The van der Waals surface area contributed by atoms with Crippen LogP contribution in [0.15, 0.2) is 0 Å². The molecule has 0 bridgehead atoms. The summed E-state index contributed by atoms with van der Waals surface area (Å²) in [6.45, 7) is 9.08. The van der Waals surface area contributed by atoms with Crippen molar-refractivity contribution < 1.29 is 61.3 Å². The van der Waals surface area contributed by atoms with E-state index in [0.717, 1.165) is 19.5 Å². The van der Waals surface area contributed by atoms with E-state index < -0.39 is 5.97 Å². The van der Waals surface area contributed by atoms with Crippen LogP contribution in [0.3, 0.4) is 0 Å². The number of carboxylic acid groups (broad SMARTS) is 1. The minimum Gasteiger partial charge on any atom is -0.550 e. The SMILES string of the molecule is CCCCCCCCCCCCCCCCCCCN(CCCCCCCCCCCCCCCCCCC)C(C)CCC(=O)[O-].[K+]. The molecule has 0 saturated carbocycles. The first kappa shape index (κ1) is 50.2. The fourth-order valence-electron chi connectivity index (χ4n) is 7.14. The van der Waals surface area contributed by atoms with Crippen LogP contribution in [0, 0.1) is 0 Å². The molecule has 0 spiro atoms. The summed E-state index contributed by atoms with van der Waals surface area (Å²) in [4.78, 5) is 13.6. The van der Waals surface area contributed by atoms with E-state index in [9.17, 15) is 9.90 Å². The van der Waals surface area contributed by atoms with Gasteiger partial charge >= 0.3 is 51.4 Å². The van der Waals surface area contributed by atoms with Crippen LogP contribution < -0.4 is 56.5 Å². The number of hydrogen-bond donors (Lipinski definition) is 0. The van der Waals surface area contributed by atoms with Crippen molar-refractivity contribution in [2.24, 2.45) is 0 Å². The minimum atomic E-state index is -0.901. The zero-order chi connectivity index (χ0) is 33.6. The fraction of sp³-hybridized carbons (Fsp3) is 0.977. The van der Waals surface area contributed by atoms with Crippen molar-refractivity contribution in [3.8, 4) is 0 Å². The molecule has 0 aromatic carbocycles. The van der Waals surface area contributed by atoms with E-state index in [1.165, 1.54) is 218 Å². The molecular formula is C43H86KNO2. The number of hydrogen-bond acceptors (Lipinski definition) is 3. The molecule has 47 heavy (non-hydrogen) atoms. The maximum Gasteiger partial charge on any atom is 1.00 e. The van der Waals surface area contributed by atoms with Crippen LogP contribution in [-0.2, 0) is 4.79 Å². The van der Waals surface area contributed by atoms with Crippen molar-refractivity contribution in [1.29, 1.82) is 0 Å². The van der Waals surface area contributed by atoms with Crippen LogP contribution in [0.1, 0.15) is 252 Å². The van der Waals surface area contributed by atoms with Gasteiger partial charge in [-0.1, -0.05) is 219 Å². The predicted octanol–water partition coefficient (Wildman–Crippen LogP) is 10.5. The second-order valence-electron chi connectivity index (χ2n) is 15.1. The molecule has 4 heteroatoms. The third-order valence-corrected chi connectivity index (χ3v) is 10.5. The fourth-order valence-corrected chi connectivity index (χ4v) is 7.14. The molecule has 0 fully saturated rings. The van der Waals surface area contributed by atoms with Crippen molar-refractivity contribution in [1.82, 2.24) is 4.90 Å².